The van der Waals surface area contributed by atoms with E-state index in [1.807, 2.05) is 0 Å². The lowest BCUT2D eigenvalue weighted by molar-refractivity contribution is -0.153. The molecule has 1 aromatic carbocycles. The van der Waals surface area contributed by atoms with Crippen molar-refractivity contribution in [2.75, 3.05) is 11.9 Å². The fraction of sp³-hybridized carbons (Fsp3) is 0.500. The minimum atomic E-state index is -4.38. The van der Waals surface area contributed by atoms with Crippen LogP contribution < -0.4 is 15.8 Å². The molecule has 1 atom stereocenters. The molecule has 0 saturated heterocycles. The van der Waals surface area contributed by atoms with Gasteiger partial charge in [-0.1, -0.05) is 0 Å². The van der Waals surface area contributed by atoms with Crippen molar-refractivity contribution in [1.82, 2.24) is 0 Å². The minimum absolute atomic E-state index is 0.0861. The predicted octanol–water partition coefficient (Wildman–Crippen LogP) is 2.69. The van der Waals surface area contributed by atoms with Crippen LogP contribution in [0.2, 0.25) is 0 Å². The molecule has 0 aromatic heterocycles. The standard InChI is InChI=1S/C14H17F3N2O2/c1-13(18,9-2-3-9)12(20)19-10-4-6-11(7-5-10)21-8-14(15,16)17/h4-7,9H,2-3,8,18H2,1H3,(H,19,20). The zero-order valence-electron chi connectivity index (χ0n) is 11.5. The Morgan fingerprint density at radius 1 is 1.33 bits per heavy atom. The molecule has 2 rings (SSSR count). The van der Waals surface area contributed by atoms with Crippen molar-refractivity contribution in [2.24, 2.45) is 11.7 Å². The molecule has 21 heavy (non-hydrogen) atoms. The molecule has 7 heteroatoms. The first-order valence-corrected chi connectivity index (χ1v) is 6.58. The Hall–Kier alpha value is -1.76. The number of alkyl halides is 3. The summed E-state index contributed by atoms with van der Waals surface area (Å²) < 4.78 is 40.6. The second kappa shape index (κ2) is 5.55. The van der Waals surface area contributed by atoms with Crippen molar-refractivity contribution >= 4 is 11.6 Å². The Morgan fingerprint density at radius 3 is 2.38 bits per heavy atom. The quantitative estimate of drug-likeness (QED) is 0.879. The van der Waals surface area contributed by atoms with E-state index < -0.39 is 18.3 Å². The number of carbonyl (C=O) groups is 1. The van der Waals surface area contributed by atoms with Gasteiger partial charge in [0.2, 0.25) is 5.91 Å². The SMILES string of the molecule is CC(N)(C(=O)Nc1ccc(OCC(F)(F)F)cc1)C1CC1. The predicted molar refractivity (Wildman–Crippen MR) is 71.9 cm³/mol. The fourth-order valence-corrected chi connectivity index (χ4v) is 1.93. The molecule has 0 heterocycles. The molecule has 116 valence electrons. The number of hydrogen-bond acceptors (Lipinski definition) is 3. The van der Waals surface area contributed by atoms with Gasteiger partial charge in [-0.05, 0) is 49.9 Å². The van der Waals surface area contributed by atoms with Crippen LogP contribution in [0.25, 0.3) is 0 Å². The molecule has 1 aliphatic carbocycles. The summed E-state index contributed by atoms with van der Waals surface area (Å²) in [7, 11) is 0. The number of rotatable bonds is 5. The second-order valence-corrected chi connectivity index (χ2v) is 5.44. The number of nitrogens with one attached hydrogen (secondary N) is 1. The second-order valence-electron chi connectivity index (χ2n) is 5.44. The maximum atomic E-state index is 12.0. The van der Waals surface area contributed by atoms with Crippen LogP contribution >= 0.6 is 0 Å². The average Bonchev–Trinajstić information content (AvgIpc) is 3.21. The lowest BCUT2D eigenvalue weighted by Crippen LogP contribution is -2.50. The van der Waals surface area contributed by atoms with Crippen LogP contribution in [0.4, 0.5) is 18.9 Å². The Balaban J connectivity index is 1.91. The van der Waals surface area contributed by atoms with Crippen LogP contribution in [-0.4, -0.2) is 24.2 Å². The van der Waals surface area contributed by atoms with Crippen molar-refractivity contribution in [3.8, 4) is 5.75 Å². The van der Waals surface area contributed by atoms with Crippen LogP contribution in [0.3, 0.4) is 0 Å². The van der Waals surface area contributed by atoms with Gasteiger partial charge in [-0.2, -0.15) is 13.2 Å². The fourth-order valence-electron chi connectivity index (χ4n) is 1.93. The first-order chi connectivity index (χ1) is 9.68. The highest BCUT2D eigenvalue weighted by Gasteiger charge is 2.44. The summed E-state index contributed by atoms with van der Waals surface area (Å²) in [6, 6.07) is 5.69. The molecule has 3 N–H and O–H groups in total. The van der Waals surface area contributed by atoms with Gasteiger partial charge in [0.15, 0.2) is 6.61 Å². The van der Waals surface area contributed by atoms with Crippen molar-refractivity contribution in [2.45, 2.75) is 31.5 Å². The molecule has 1 aromatic rings. The highest BCUT2D eigenvalue weighted by atomic mass is 19.4. The third-order valence-corrected chi connectivity index (χ3v) is 3.43. The molecule has 1 amide bonds. The molecule has 0 radical (unpaired) electrons. The van der Waals surface area contributed by atoms with E-state index in [4.69, 9.17) is 5.73 Å². The zero-order valence-corrected chi connectivity index (χ0v) is 11.5. The Bertz CT molecular complexity index is 508. The Labute approximate surface area is 120 Å². The highest BCUT2D eigenvalue weighted by molar-refractivity contribution is 5.98. The average molecular weight is 302 g/mol. The van der Waals surface area contributed by atoms with Crippen LogP contribution in [0, 0.1) is 5.92 Å². The molecule has 1 unspecified atom stereocenters. The summed E-state index contributed by atoms with van der Waals surface area (Å²) in [6.07, 6.45) is -2.51. The van der Waals surface area contributed by atoms with E-state index >= 15 is 0 Å². The molecular weight excluding hydrogens is 285 g/mol. The van der Waals surface area contributed by atoms with Crippen molar-refractivity contribution in [3.05, 3.63) is 24.3 Å². The van der Waals surface area contributed by atoms with Crippen molar-refractivity contribution < 1.29 is 22.7 Å². The summed E-state index contributed by atoms with van der Waals surface area (Å²) >= 11 is 0. The van der Waals surface area contributed by atoms with Gasteiger partial charge in [0.25, 0.3) is 0 Å². The number of benzene rings is 1. The third kappa shape index (κ3) is 4.35. The van der Waals surface area contributed by atoms with Crippen LogP contribution in [0.1, 0.15) is 19.8 Å². The van der Waals surface area contributed by atoms with Gasteiger partial charge in [0, 0.05) is 5.69 Å². The number of amides is 1. The maximum Gasteiger partial charge on any atom is 0.422 e. The van der Waals surface area contributed by atoms with E-state index in [0.29, 0.717) is 5.69 Å². The van der Waals surface area contributed by atoms with Gasteiger partial charge in [-0.3, -0.25) is 4.79 Å². The zero-order chi connectivity index (χ0) is 15.7. The van der Waals surface area contributed by atoms with Gasteiger partial charge >= 0.3 is 6.18 Å². The molecule has 4 nitrogen and oxygen atoms in total. The largest absolute Gasteiger partial charge is 0.484 e. The van der Waals surface area contributed by atoms with E-state index in [0.717, 1.165) is 12.8 Å². The van der Waals surface area contributed by atoms with Crippen molar-refractivity contribution in [3.63, 3.8) is 0 Å². The van der Waals surface area contributed by atoms with E-state index in [-0.39, 0.29) is 17.6 Å². The number of carbonyl (C=O) groups excluding carboxylic acids is 1. The van der Waals surface area contributed by atoms with E-state index in [1.54, 1.807) is 6.92 Å². The topological polar surface area (TPSA) is 64.4 Å². The first-order valence-electron chi connectivity index (χ1n) is 6.58. The molecule has 0 bridgehead atoms. The van der Waals surface area contributed by atoms with Crippen LogP contribution in [0.5, 0.6) is 5.75 Å². The van der Waals surface area contributed by atoms with Gasteiger partial charge in [0.1, 0.15) is 5.75 Å². The molecular formula is C14H17F3N2O2. The smallest absolute Gasteiger partial charge is 0.422 e. The van der Waals surface area contributed by atoms with E-state index in [1.165, 1.54) is 24.3 Å². The summed E-state index contributed by atoms with van der Waals surface area (Å²) in [5.74, 6) is -0.0242. The van der Waals surface area contributed by atoms with Gasteiger partial charge in [-0.25, -0.2) is 0 Å². The lowest BCUT2D eigenvalue weighted by atomic mass is 9.96. The van der Waals surface area contributed by atoms with Crippen molar-refractivity contribution in [1.29, 1.82) is 0 Å². The highest BCUT2D eigenvalue weighted by Crippen LogP contribution is 2.38. The summed E-state index contributed by atoms with van der Waals surface area (Å²) in [5.41, 5.74) is 5.52. The summed E-state index contributed by atoms with van der Waals surface area (Å²) in [6.45, 7) is 0.335. The number of ether oxygens (including phenoxy) is 1. The van der Waals surface area contributed by atoms with E-state index in [9.17, 15) is 18.0 Å². The Kier molecular flexibility index (Phi) is 4.13. The number of halogens is 3. The van der Waals surface area contributed by atoms with E-state index in [2.05, 4.69) is 10.1 Å². The molecule has 1 saturated carbocycles. The molecule has 1 fully saturated rings. The summed E-state index contributed by atoms with van der Waals surface area (Å²) in [4.78, 5) is 12.0. The first kappa shape index (κ1) is 15.6. The maximum absolute atomic E-state index is 12.0. The minimum Gasteiger partial charge on any atom is -0.484 e. The van der Waals surface area contributed by atoms with Crippen LogP contribution in [-0.2, 0) is 4.79 Å². The normalized spacial score (nSPS) is 18.0. The van der Waals surface area contributed by atoms with Gasteiger partial charge in [0.05, 0.1) is 5.54 Å². The van der Waals surface area contributed by atoms with Gasteiger partial charge in [-0.15, -0.1) is 0 Å². The third-order valence-electron chi connectivity index (χ3n) is 3.43. The number of anilines is 1. The lowest BCUT2D eigenvalue weighted by Gasteiger charge is -2.23. The van der Waals surface area contributed by atoms with Crippen LogP contribution in [0.15, 0.2) is 24.3 Å². The number of hydrogen-bond donors (Lipinski definition) is 2. The molecule has 0 spiro atoms. The monoisotopic (exact) mass is 302 g/mol. The Morgan fingerprint density at radius 2 is 1.90 bits per heavy atom. The summed E-state index contributed by atoms with van der Waals surface area (Å²) in [5, 5.41) is 2.66. The molecule has 1 aliphatic rings. The molecule has 0 aliphatic heterocycles. The van der Waals surface area contributed by atoms with Gasteiger partial charge < -0.3 is 15.8 Å². The number of nitrogens with two attached hydrogens (primary N) is 1.